The number of halogens is 1. The van der Waals surface area contributed by atoms with Crippen LogP contribution in [0.3, 0.4) is 0 Å². The largest absolute Gasteiger partial charge is 0.308 e. The molecule has 0 atom stereocenters. The van der Waals surface area contributed by atoms with Gasteiger partial charge in [-0.15, -0.1) is 0 Å². The molecule has 4 nitrogen and oxygen atoms in total. The van der Waals surface area contributed by atoms with E-state index in [0.29, 0.717) is 12.5 Å². The smallest absolute Gasteiger partial charge is 0.241 e. The van der Waals surface area contributed by atoms with Crippen molar-refractivity contribution < 1.29 is 4.79 Å². The molecule has 0 N–H and O–H groups in total. The number of rotatable bonds is 3. The fourth-order valence-corrected chi connectivity index (χ4v) is 2.51. The van der Waals surface area contributed by atoms with E-state index in [9.17, 15) is 4.79 Å². The summed E-state index contributed by atoms with van der Waals surface area (Å²) in [4.78, 5) is 20.4. The van der Waals surface area contributed by atoms with Gasteiger partial charge in [0.25, 0.3) is 0 Å². The minimum absolute atomic E-state index is 0.171. The number of aromatic nitrogens is 1. The Morgan fingerprint density at radius 1 is 1.39 bits per heavy atom. The van der Waals surface area contributed by atoms with E-state index < -0.39 is 0 Å². The van der Waals surface area contributed by atoms with Gasteiger partial charge in [-0.2, -0.15) is 0 Å². The molecule has 0 aromatic carbocycles. The van der Waals surface area contributed by atoms with Gasteiger partial charge in [-0.05, 0) is 40.6 Å². The summed E-state index contributed by atoms with van der Waals surface area (Å²) in [5, 5.41) is 0. The molecule has 0 spiro atoms. The summed E-state index contributed by atoms with van der Waals surface area (Å²) in [5.41, 5.74) is 0.907. The maximum atomic E-state index is 12.1. The van der Waals surface area contributed by atoms with E-state index in [1.165, 1.54) is 0 Å². The zero-order valence-corrected chi connectivity index (χ0v) is 12.9. The van der Waals surface area contributed by atoms with Gasteiger partial charge in [0.15, 0.2) is 0 Å². The molecule has 0 saturated carbocycles. The van der Waals surface area contributed by atoms with E-state index >= 15 is 0 Å². The minimum Gasteiger partial charge on any atom is -0.308 e. The van der Waals surface area contributed by atoms with E-state index in [1.54, 1.807) is 6.20 Å². The molecule has 1 aliphatic heterocycles. The summed E-state index contributed by atoms with van der Waals surface area (Å²) in [6, 6.07) is 3.90. The molecule has 1 saturated heterocycles. The highest BCUT2D eigenvalue weighted by atomic mass is 127. The Morgan fingerprint density at radius 2 is 2.17 bits per heavy atom. The van der Waals surface area contributed by atoms with Crippen LogP contribution in [-0.2, 0) is 4.79 Å². The molecule has 98 valence electrons. The van der Waals surface area contributed by atoms with Gasteiger partial charge in [-0.25, -0.2) is 4.98 Å². The predicted molar refractivity (Wildman–Crippen MR) is 80.6 cm³/mol. The van der Waals surface area contributed by atoms with Gasteiger partial charge in [0.05, 0.1) is 18.4 Å². The van der Waals surface area contributed by atoms with Crippen molar-refractivity contribution in [1.29, 1.82) is 0 Å². The van der Waals surface area contributed by atoms with Crippen LogP contribution in [0.1, 0.15) is 13.8 Å². The Hall–Kier alpha value is -0.690. The van der Waals surface area contributed by atoms with Crippen molar-refractivity contribution in [3.63, 3.8) is 0 Å². The van der Waals surface area contributed by atoms with Crippen molar-refractivity contribution >= 4 is 34.2 Å². The van der Waals surface area contributed by atoms with Gasteiger partial charge in [-0.3, -0.25) is 9.69 Å². The lowest BCUT2D eigenvalue weighted by molar-refractivity contribution is -0.121. The maximum Gasteiger partial charge on any atom is 0.241 e. The third-order valence-electron chi connectivity index (χ3n) is 2.95. The molecule has 0 aliphatic carbocycles. The monoisotopic (exact) mass is 359 g/mol. The first-order chi connectivity index (χ1) is 8.56. The van der Waals surface area contributed by atoms with Crippen molar-refractivity contribution in [3.05, 3.63) is 22.0 Å². The molecule has 1 fully saturated rings. The molecule has 1 aromatic heterocycles. The third kappa shape index (κ3) is 3.41. The second-order valence-corrected chi connectivity index (χ2v) is 6.12. The number of carbonyl (C=O) groups is 1. The zero-order chi connectivity index (χ0) is 13.1. The summed E-state index contributed by atoms with van der Waals surface area (Å²) in [7, 11) is 0. The second-order valence-electron chi connectivity index (χ2n) is 5.01. The molecule has 0 radical (unpaired) electrons. The van der Waals surface area contributed by atoms with Gasteiger partial charge < -0.3 is 4.90 Å². The Balaban J connectivity index is 2.01. The number of pyridine rings is 1. The first-order valence-electron chi connectivity index (χ1n) is 6.20. The Kier molecular flexibility index (Phi) is 4.55. The van der Waals surface area contributed by atoms with Crippen LogP contribution in [-0.4, -0.2) is 42.0 Å². The van der Waals surface area contributed by atoms with Gasteiger partial charge >= 0.3 is 0 Å². The van der Waals surface area contributed by atoms with Gasteiger partial charge in [0, 0.05) is 19.6 Å². The van der Waals surface area contributed by atoms with Gasteiger partial charge in [0.1, 0.15) is 3.70 Å². The summed E-state index contributed by atoms with van der Waals surface area (Å²) in [6.45, 7) is 7.57. The SMILES string of the molecule is CC(C)CN1CCN(c2ccc(I)nc2)C(=O)C1. The lowest BCUT2D eigenvalue weighted by Crippen LogP contribution is -2.51. The topological polar surface area (TPSA) is 36.4 Å². The van der Waals surface area contributed by atoms with Crippen molar-refractivity contribution in [3.8, 4) is 0 Å². The number of carbonyl (C=O) groups excluding carboxylic acids is 1. The zero-order valence-electron chi connectivity index (χ0n) is 10.8. The molecule has 0 unspecified atom stereocenters. The molecule has 2 heterocycles. The summed E-state index contributed by atoms with van der Waals surface area (Å²) >= 11 is 2.17. The Bertz CT molecular complexity index is 419. The fraction of sp³-hybridized carbons (Fsp3) is 0.538. The number of amides is 1. The molecule has 1 amide bonds. The molecule has 0 bridgehead atoms. The second kappa shape index (κ2) is 5.97. The minimum atomic E-state index is 0.171. The molecular formula is C13H18IN3O. The van der Waals surface area contributed by atoms with Crippen LogP contribution in [0.4, 0.5) is 5.69 Å². The van der Waals surface area contributed by atoms with Crippen LogP contribution in [0.15, 0.2) is 18.3 Å². The summed E-state index contributed by atoms with van der Waals surface area (Å²) in [6.07, 6.45) is 1.78. The van der Waals surface area contributed by atoms with Crippen molar-refractivity contribution in [2.24, 2.45) is 5.92 Å². The van der Waals surface area contributed by atoms with Crippen LogP contribution >= 0.6 is 22.6 Å². The average Bonchev–Trinajstić information content (AvgIpc) is 2.30. The fourth-order valence-electron chi connectivity index (χ4n) is 2.19. The van der Waals surface area contributed by atoms with E-state index in [-0.39, 0.29) is 5.91 Å². The quantitative estimate of drug-likeness (QED) is 0.612. The van der Waals surface area contributed by atoms with Crippen LogP contribution in [0, 0.1) is 9.62 Å². The van der Waals surface area contributed by atoms with Crippen LogP contribution in [0.5, 0.6) is 0 Å². The first kappa shape index (κ1) is 13.7. The summed E-state index contributed by atoms with van der Waals surface area (Å²) < 4.78 is 0.947. The number of nitrogens with zero attached hydrogens (tertiary/aromatic N) is 3. The Morgan fingerprint density at radius 3 is 2.72 bits per heavy atom. The van der Waals surface area contributed by atoms with Gasteiger partial charge in [0.2, 0.25) is 5.91 Å². The highest BCUT2D eigenvalue weighted by Crippen LogP contribution is 2.17. The molecular weight excluding hydrogens is 341 g/mol. The predicted octanol–water partition coefficient (Wildman–Crippen LogP) is 1.99. The lowest BCUT2D eigenvalue weighted by atomic mass is 10.2. The third-order valence-corrected chi connectivity index (χ3v) is 3.58. The Labute approximate surface area is 122 Å². The van der Waals surface area contributed by atoms with E-state index in [1.807, 2.05) is 17.0 Å². The molecule has 5 heteroatoms. The number of hydrogen-bond acceptors (Lipinski definition) is 3. The van der Waals surface area contributed by atoms with Crippen molar-refractivity contribution in [2.75, 3.05) is 31.1 Å². The normalized spacial score (nSPS) is 17.6. The lowest BCUT2D eigenvalue weighted by Gasteiger charge is -2.34. The van der Waals surface area contributed by atoms with E-state index in [4.69, 9.17) is 0 Å². The maximum absolute atomic E-state index is 12.1. The number of piperazine rings is 1. The molecule has 1 aliphatic rings. The highest BCUT2D eigenvalue weighted by Gasteiger charge is 2.25. The molecule has 1 aromatic rings. The van der Waals surface area contributed by atoms with Crippen molar-refractivity contribution in [1.82, 2.24) is 9.88 Å². The van der Waals surface area contributed by atoms with Crippen molar-refractivity contribution in [2.45, 2.75) is 13.8 Å². The average molecular weight is 359 g/mol. The van der Waals surface area contributed by atoms with Crippen LogP contribution in [0.2, 0.25) is 0 Å². The summed E-state index contributed by atoms with van der Waals surface area (Å²) in [5.74, 6) is 0.772. The first-order valence-corrected chi connectivity index (χ1v) is 7.28. The van der Waals surface area contributed by atoms with E-state index in [2.05, 4.69) is 46.3 Å². The van der Waals surface area contributed by atoms with E-state index in [0.717, 1.165) is 29.0 Å². The molecule has 2 rings (SSSR count). The standard InChI is InChI=1S/C13H18IN3O/c1-10(2)8-16-5-6-17(13(18)9-16)11-3-4-12(14)15-7-11/h3-4,7,10H,5-6,8-9H2,1-2H3. The van der Waals surface area contributed by atoms with Crippen LogP contribution in [0.25, 0.3) is 0 Å². The number of hydrogen-bond donors (Lipinski definition) is 0. The highest BCUT2D eigenvalue weighted by molar-refractivity contribution is 14.1. The number of anilines is 1. The van der Waals surface area contributed by atoms with Gasteiger partial charge in [-0.1, -0.05) is 13.8 Å². The van der Waals surface area contributed by atoms with Crippen LogP contribution < -0.4 is 4.90 Å². The molecule has 18 heavy (non-hydrogen) atoms.